The van der Waals surface area contributed by atoms with E-state index in [0.717, 1.165) is 24.1 Å². The normalized spacial score (nSPS) is 16.3. The van der Waals surface area contributed by atoms with E-state index in [1.807, 2.05) is 38.1 Å². The van der Waals surface area contributed by atoms with E-state index in [1.165, 1.54) is 0 Å². The summed E-state index contributed by atoms with van der Waals surface area (Å²) >= 11 is 0. The van der Waals surface area contributed by atoms with Crippen molar-refractivity contribution in [2.24, 2.45) is 11.7 Å². The molecule has 1 fully saturated rings. The number of hydrogen-bond donors (Lipinski definition) is 2. The number of nitriles is 1. The molecule has 1 aliphatic rings. The minimum atomic E-state index is -0.517. The average Bonchev–Trinajstić information content (AvgIpc) is 3.23. The Balaban J connectivity index is 1.93. The third-order valence-electron chi connectivity index (χ3n) is 3.82. The molecule has 0 bridgehead atoms. The van der Waals surface area contributed by atoms with E-state index in [4.69, 9.17) is 11.0 Å². The van der Waals surface area contributed by atoms with Gasteiger partial charge >= 0.3 is 0 Å². The van der Waals surface area contributed by atoms with Crippen LogP contribution in [0, 0.1) is 17.2 Å². The predicted octanol–water partition coefficient (Wildman–Crippen LogP) is 2.55. The van der Waals surface area contributed by atoms with Gasteiger partial charge in [-0.25, -0.2) is 0 Å². The number of carbonyl (C=O) groups excluding carboxylic acids is 1. The molecular formula is C16H21N3O. The topological polar surface area (TPSA) is 78.9 Å². The monoisotopic (exact) mass is 271 g/mol. The standard InChI is InChI=1S/C16H21N3O/c1-16(2,10-17)12-5-7-13(8-6-12)19-15(20)9-14(18)11-3-4-11/h5-8,11,14H,3-4,9,18H2,1-2H3,(H,19,20). The minimum Gasteiger partial charge on any atom is -0.327 e. The largest absolute Gasteiger partial charge is 0.327 e. The van der Waals surface area contributed by atoms with Crippen LogP contribution in [-0.2, 0) is 10.2 Å². The second-order valence-electron chi connectivity index (χ2n) is 6.07. The molecule has 1 aromatic carbocycles. The molecule has 2 rings (SSSR count). The molecule has 0 spiro atoms. The Morgan fingerprint density at radius 3 is 2.55 bits per heavy atom. The Morgan fingerprint density at radius 1 is 1.45 bits per heavy atom. The van der Waals surface area contributed by atoms with Crippen LogP contribution < -0.4 is 11.1 Å². The number of nitrogens with two attached hydrogens (primary N) is 1. The molecule has 0 heterocycles. The van der Waals surface area contributed by atoms with Crippen molar-refractivity contribution in [3.8, 4) is 6.07 Å². The third kappa shape index (κ3) is 3.58. The molecule has 1 aliphatic carbocycles. The van der Waals surface area contributed by atoms with Gasteiger partial charge in [-0.2, -0.15) is 5.26 Å². The Bertz CT molecular complexity index is 524. The minimum absolute atomic E-state index is 0.0215. The molecule has 1 unspecified atom stereocenters. The molecule has 1 atom stereocenters. The Hall–Kier alpha value is -1.86. The Morgan fingerprint density at radius 2 is 2.05 bits per heavy atom. The summed E-state index contributed by atoms with van der Waals surface area (Å²) in [5.41, 5.74) is 7.10. The Labute approximate surface area is 120 Å². The van der Waals surface area contributed by atoms with Crippen LogP contribution in [0.2, 0.25) is 0 Å². The Kier molecular flexibility index (Phi) is 4.10. The fourth-order valence-corrected chi connectivity index (χ4v) is 2.15. The van der Waals surface area contributed by atoms with Crippen LogP contribution in [0.4, 0.5) is 5.69 Å². The van der Waals surface area contributed by atoms with Crippen molar-refractivity contribution >= 4 is 11.6 Å². The molecule has 4 nitrogen and oxygen atoms in total. The predicted molar refractivity (Wildman–Crippen MR) is 79.0 cm³/mol. The molecule has 1 amide bonds. The number of nitrogens with zero attached hydrogens (tertiary/aromatic N) is 1. The summed E-state index contributed by atoms with van der Waals surface area (Å²) in [7, 11) is 0. The van der Waals surface area contributed by atoms with E-state index in [2.05, 4.69) is 11.4 Å². The molecule has 4 heteroatoms. The van der Waals surface area contributed by atoms with Gasteiger partial charge in [-0.05, 0) is 50.3 Å². The SMILES string of the molecule is CC(C)(C#N)c1ccc(NC(=O)CC(N)C2CC2)cc1. The summed E-state index contributed by atoms with van der Waals surface area (Å²) in [4.78, 5) is 11.8. The van der Waals surface area contributed by atoms with Crippen LogP contribution in [0.5, 0.6) is 0 Å². The van der Waals surface area contributed by atoms with Crippen LogP contribution in [0.15, 0.2) is 24.3 Å². The maximum atomic E-state index is 11.8. The second-order valence-corrected chi connectivity index (χ2v) is 6.07. The van der Waals surface area contributed by atoms with Crippen molar-refractivity contribution in [3.05, 3.63) is 29.8 Å². The lowest BCUT2D eigenvalue weighted by Gasteiger charge is -2.16. The van der Waals surface area contributed by atoms with E-state index in [0.29, 0.717) is 12.3 Å². The summed E-state index contributed by atoms with van der Waals surface area (Å²) in [6, 6.07) is 9.64. The van der Waals surface area contributed by atoms with Gasteiger partial charge in [0.1, 0.15) is 0 Å². The van der Waals surface area contributed by atoms with Gasteiger partial charge in [0.25, 0.3) is 0 Å². The summed E-state index contributed by atoms with van der Waals surface area (Å²) in [6.07, 6.45) is 2.66. The van der Waals surface area contributed by atoms with Gasteiger partial charge in [-0.1, -0.05) is 12.1 Å². The van der Waals surface area contributed by atoms with E-state index >= 15 is 0 Å². The van der Waals surface area contributed by atoms with Gasteiger partial charge in [-0.3, -0.25) is 4.79 Å². The molecule has 0 aliphatic heterocycles. The fourth-order valence-electron chi connectivity index (χ4n) is 2.15. The zero-order chi connectivity index (χ0) is 14.8. The van der Waals surface area contributed by atoms with E-state index in [-0.39, 0.29) is 11.9 Å². The molecule has 0 aromatic heterocycles. The van der Waals surface area contributed by atoms with Gasteiger partial charge in [-0.15, -0.1) is 0 Å². The highest BCUT2D eigenvalue weighted by molar-refractivity contribution is 5.91. The van der Waals surface area contributed by atoms with E-state index < -0.39 is 5.41 Å². The van der Waals surface area contributed by atoms with Crippen LogP contribution in [0.25, 0.3) is 0 Å². The number of benzene rings is 1. The number of anilines is 1. The summed E-state index contributed by atoms with van der Waals surface area (Å²) in [5.74, 6) is 0.483. The lowest BCUT2D eigenvalue weighted by Crippen LogP contribution is -2.28. The molecule has 1 saturated carbocycles. The van der Waals surface area contributed by atoms with Crippen molar-refractivity contribution < 1.29 is 4.79 Å². The van der Waals surface area contributed by atoms with E-state index in [1.54, 1.807) is 0 Å². The van der Waals surface area contributed by atoms with Crippen molar-refractivity contribution in [2.45, 2.75) is 44.6 Å². The van der Waals surface area contributed by atoms with Crippen LogP contribution in [0.3, 0.4) is 0 Å². The van der Waals surface area contributed by atoms with Gasteiger partial charge in [0, 0.05) is 18.2 Å². The van der Waals surface area contributed by atoms with Crippen LogP contribution >= 0.6 is 0 Å². The molecule has 1 aromatic rings. The molecule has 20 heavy (non-hydrogen) atoms. The van der Waals surface area contributed by atoms with Crippen LogP contribution in [0.1, 0.15) is 38.7 Å². The molecular weight excluding hydrogens is 250 g/mol. The average molecular weight is 271 g/mol. The first kappa shape index (κ1) is 14.5. The maximum absolute atomic E-state index is 11.8. The number of hydrogen-bond acceptors (Lipinski definition) is 3. The first-order valence-electron chi connectivity index (χ1n) is 6.99. The molecule has 106 valence electrons. The lowest BCUT2D eigenvalue weighted by atomic mass is 9.86. The quantitative estimate of drug-likeness (QED) is 0.863. The van der Waals surface area contributed by atoms with Gasteiger partial charge in [0.05, 0.1) is 11.5 Å². The van der Waals surface area contributed by atoms with Gasteiger partial charge < -0.3 is 11.1 Å². The zero-order valence-corrected chi connectivity index (χ0v) is 12.0. The first-order chi connectivity index (χ1) is 9.42. The third-order valence-corrected chi connectivity index (χ3v) is 3.82. The lowest BCUT2D eigenvalue weighted by molar-refractivity contribution is -0.116. The maximum Gasteiger partial charge on any atom is 0.225 e. The zero-order valence-electron chi connectivity index (χ0n) is 12.0. The highest BCUT2D eigenvalue weighted by atomic mass is 16.1. The summed E-state index contributed by atoms with van der Waals surface area (Å²) in [5, 5.41) is 11.9. The molecule has 0 saturated heterocycles. The van der Waals surface area contributed by atoms with E-state index in [9.17, 15) is 4.79 Å². The smallest absolute Gasteiger partial charge is 0.225 e. The number of rotatable bonds is 5. The number of carbonyl (C=O) groups is 1. The van der Waals surface area contributed by atoms with Gasteiger partial charge in [0.2, 0.25) is 5.91 Å². The highest BCUT2D eigenvalue weighted by Gasteiger charge is 2.29. The highest BCUT2D eigenvalue weighted by Crippen LogP contribution is 2.32. The molecule has 3 N–H and O–H groups in total. The summed E-state index contributed by atoms with van der Waals surface area (Å²) < 4.78 is 0. The summed E-state index contributed by atoms with van der Waals surface area (Å²) in [6.45, 7) is 3.74. The molecule has 0 radical (unpaired) electrons. The first-order valence-corrected chi connectivity index (χ1v) is 6.99. The van der Waals surface area contributed by atoms with Crippen molar-refractivity contribution in [1.82, 2.24) is 0 Å². The van der Waals surface area contributed by atoms with Crippen molar-refractivity contribution in [1.29, 1.82) is 5.26 Å². The van der Waals surface area contributed by atoms with Crippen molar-refractivity contribution in [2.75, 3.05) is 5.32 Å². The number of amides is 1. The van der Waals surface area contributed by atoms with Crippen molar-refractivity contribution in [3.63, 3.8) is 0 Å². The van der Waals surface area contributed by atoms with Gasteiger partial charge in [0.15, 0.2) is 0 Å². The second kappa shape index (κ2) is 5.64. The van der Waals surface area contributed by atoms with Crippen LogP contribution in [-0.4, -0.2) is 11.9 Å². The fraction of sp³-hybridized carbons (Fsp3) is 0.500. The number of nitrogens with one attached hydrogen (secondary N) is 1.